The summed E-state index contributed by atoms with van der Waals surface area (Å²) in [5, 5.41) is 0. The van der Waals surface area contributed by atoms with Crippen LogP contribution in [0.25, 0.3) is 0 Å². The summed E-state index contributed by atoms with van der Waals surface area (Å²) < 4.78 is 61.8. The molecular weight excluding hydrogens is 553 g/mol. The first kappa shape index (κ1) is 31.7. The number of alkyl halides is 3. The zero-order valence-electron chi connectivity index (χ0n) is 25.4. The summed E-state index contributed by atoms with van der Waals surface area (Å²) in [5.74, 6) is -0.897. The molecule has 1 aromatic carbocycles. The van der Waals surface area contributed by atoms with Crippen LogP contribution in [0.15, 0.2) is 29.3 Å². The van der Waals surface area contributed by atoms with Gasteiger partial charge in [-0.25, -0.2) is 4.79 Å². The Morgan fingerprint density at radius 2 is 1.79 bits per heavy atom. The number of likely N-dealkylation sites (tertiary alicyclic amines) is 1. The van der Waals surface area contributed by atoms with Crippen LogP contribution in [0.3, 0.4) is 0 Å². The van der Waals surface area contributed by atoms with E-state index in [2.05, 4.69) is 4.99 Å². The Hall–Kier alpha value is -3.28. The summed E-state index contributed by atoms with van der Waals surface area (Å²) in [7, 11) is 1.87. The minimum Gasteiger partial charge on any atom is -0.491 e. The van der Waals surface area contributed by atoms with E-state index >= 15 is 0 Å². The monoisotopic (exact) mass is 594 g/mol. The van der Waals surface area contributed by atoms with E-state index in [1.165, 1.54) is 4.90 Å². The number of carbonyl (C=O) groups excluding carboxylic acids is 2. The number of rotatable bonds is 6. The van der Waals surface area contributed by atoms with Gasteiger partial charge >= 0.3 is 12.3 Å². The third-order valence-electron chi connectivity index (χ3n) is 7.37. The summed E-state index contributed by atoms with van der Waals surface area (Å²) in [6.07, 6.45) is -2.77. The predicted octanol–water partition coefficient (Wildman–Crippen LogP) is 5.45. The lowest BCUT2D eigenvalue weighted by atomic mass is 9.92. The first-order valence-electron chi connectivity index (χ1n) is 14.3. The van der Waals surface area contributed by atoms with Gasteiger partial charge in [-0.15, -0.1) is 0 Å². The van der Waals surface area contributed by atoms with Crippen LogP contribution in [-0.2, 0) is 34.7 Å². The molecule has 12 heteroatoms. The molecule has 0 spiro atoms. The Balaban J connectivity index is 1.66. The van der Waals surface area contributed by atoms with Crippen molar-refractivity contribution in [1.29, 1.82) is 0 Å². The highest BCUT2D eigenvalue weighted by Gasteiger charge is 2.37. The Labute approximate surface area is 244 Å². The van der Waals surface area contributed by atoms with E-state index in [1.54, 1.807) is 26.8 Å². The molecule has 0 saturated carbocycles. The normalized spacial score (nSPS) is 20.0. The van der Waals surface area contributed by atoms with Gasteiger partial charge in [0.05, 0.1) is 29.8 Å². The van der Waals surface area contributed by atoms with Crippen molar-refractivity contribution in [1.82, 2.24) is 14.3 Å². The quantitative estimate of drug-likeness (QED) is 0.444. The Morgan fingerprint density at radius 1 is 1.07 bits per heavy atom. The molecule has 0 aliphatic carbocycles. The van der Waals surface area contributed by atoms with Gasteiger partial charge in [0.2, 0.25) is 0 Å². The van der Waals surface area contributed by atoms with E-state index in [0.717, 1.165) is 36.7 Å². The molecular formula is C30H41F3N4O5. The molecule has 232 valence electrons. The van der Waals surface area contributed by atoms with Gasteiger partial charge in [-0.1, -0.05) is 20.8 Å². The SMILES string of the molecule is Cn1c(C(C)(C)C)cc(=NC(=O)c2cc(C(F)(F)F)ccc2OC[C@H]2CCN2C(=O)OC(C)(C)C)n1C[C@H]1CCCO1. The maximum Gasteiger partial charge on any atom is 0.416 e. The van der Waals surface area contributed by atoms with Crippen LogP contribution in [0.2, 0.25) is 0 Å². The first-order valence-corrected chi connectivity index (χ1v) is 14.3. The van der Waals surface area contributed by atoms with Crippen LogP contribution < -0.4 is 10.2 Å². The van der Waals surface area contributed by atoms with E-state index in [-0.39, 0.29) is 35.5 Å². The number of hydrogen-bond acceptors (Lipinski definition) is 5. The standard InChI is InChI=1S/C30H41F3N4O5/c1-28(2,3)24-16-25(37(35(24)7)17-21-9-8-14-40-21)34-26(38)22-15-19(30(31,32)33)10-11-23(22)41-18-20-12-13-36(20)27(39)42-29(4,5)6/h10-11,15-16,20-21H,8-9,12-14,17-18H2,1-7H3/t20-,21-/m1/s1. The fraction of sp³-hybridized carbons (Fsp3) is 0.633. The highest BCUT2D eigenvalue weighted by Crippen LogP contribution is 2.33. The van der Waals surface area contributed by atoms with Crippen molar-refractivity contribution >= 4 is 12.0 Å². The summed E-state index contributed by atoms with van der Waals surface area (Å²) in [6.45, 7) is 13.0. The molecule has 0 bridgehead atoms. The molecule has 2 atom stereocenters. The van der Waals surface area contributed by atoms with E-state index in [4.69, 9.17) is 14.2 Å². The lowest BCUT2D eigenvalue weighted by Crippen LogP contribution is -2.55. The molecule has 2 aliphatic rings. The number of carbonyl (C=O) groups is 2. The number of ether oxygens (including phenoxy) is 3. The summed E-state index contributed by atoms with van der Waals surface area (Å²) in [5.41, 5.74) is -1.02. The van der Waals surface area contributed by atoms with Gasteiger partial charge in [-0.2, -0.15) is 18.2 Å². The first-order chi connectivity index (χ1) is 19.4. The van der Waals surface area contributed by atoms with Crippen molar-refractivity contribution < 1.29 is 37.0 Å². The molecule has 1 aromatic heterocycles. The second kappa shape index (κ2) is 11.8. The third-order valence-corrected chi connectivity index (χ3v) is 7.37. The van der Waals surface area contributed by atoms with Crippen LogP contribution in [0.4, 0.5) is 18.0 Å². The van der Waals surface area contributed by atoms with E-state index in [0.29, 0.717) is 31.6 Å². The number of amides is 2. The van der Waals surface area contributed by atoms with Crippen molar-refractivity contribution in [2.75, 3.05) is 19.8 Å². The zero-order valence-corrected chi connectivity index (χ0v) is 25.4. The number of nitrogens with zero attached hydrogens (tertiary/aromatic N) is 4. The van der Waals surface area contributed by atoms with Gasteiger partial charge in [0.15, 0.2) is 5.49 Å². The van der Waals surface area contributed by atoms with Crippen LogP contribution in [0, 0.1) is 0 Å². The van der Waals surface area contributed by atoms with E-state index in [9.17, 15) is 22.8 Å². The van der Waals surface area contributed by atoms with Crippen LogP contribution in [0.1, 0.15) is 82.4 Å². The van der Waals surface area contributed by atoms with Crippen molar-refractivity contribution in [3.05, 3.63) is 46.6 Å². The average molecular weight is 595 g/mol. The van der Waals surface area contributed by atoms with Gasteiger partial charge in [0, 0.05) is 37.4 Å². The molecule has 2 amide bonds. The molecule has 0 radical (unpaired) electrons. The minimum atomic E-state index is -4.67. The predicted molar refractivity (Wildman–Crippen MR) is 149 cm³/mol. The molecule has 42 heavy (non-hydrogen) atoms. The van der Waals surface area contributed by atoms with Gasteiger partial charge in [0.25, 0.3) is 5.91 Å². The second-order valence-corrected chi connectivity index (χ2v) is 12.9. The lowest BCUT2D eigenvalue weighted by Gasteiger charge is -2.41. The van der Waals surface area contributed by atoms with Gasteiger partial charge < -0.3 is 19.1 Å². The number of hydrogen-bond donors (Lipinski definition) is 0. The second-order valence-electron chi connectivity index (χ2n) is 12.9. The van der Waals surface area contributed by atoms with E-state index in [1.807, 2.05) is 37.2 Å². The lowest BCUT2D eigenvalue weighted by molar-refractivity contribution is -0.137. The summed E-state index contributed by atoms with van der Waals surface area (Å²) in [6, 6.07) is 4.23. The summed E-state index contributed by atoms with van der Waals surface area (Å²) >= 11 is 0. The fourth-order valence-electron chi connectivity index (χ4n) is 5.09. The Morgan fingerprint density at radius 3 is 2.33 bits per heavy atom. The molecule has 2 aliphatic heterocycles. The van der Waals surface area contributed by atoms with Crippen molar-refractivity contribution in [2.45, 2.75) is 96.7 Å². The average Bonchev–Trinajstić information content (AvgIpc) is 3.45. The fourth-order valence-corrected chi connectivity index (χ4v) is 5.09. The molecule has 2 saturated heterocycles. The van der Waals surface area contributed by atoms with Crippen LogP contribution in [0.5, 0.6) is 5.75 Å². The van der Waals surface area contributed by atoms with Crippen molar-refractivity contribution in [3.63, 3.8) is 0 Å². The molecule has 0 N–H and O–H groups in total. The maximum absolute atomic E-state index is 13.7. The number of benzene rings is 1. The largest absolute Gasteiger partial charge is 0.491 e. The third kappa shape index (κ3) is 7.37. The molecule has 9 nitrogen and oxygen atoms in total. The number of halogens is 3. The molecule has 2 aromatic rings. The maximum atomic E-state index is 13.7. The highest BCUT2D eigenvalue weighted by atomic mass is 19.4. The molecule has 0 unspecified atom stereocenters. The highest BCUT2D eigenvalue weighted by molar-refractivity contribution is 5.97. The van der Waals surface area contributed by atoms with Gasteiger partial charge in [0.1, 0.15) is 18.0 Å². The van der Waals surface area contributed by atoms with Crippen molar-refractivity contribution in [3.8, 4) is 5.75 Å². The zero-order chi connectivity index (χ0) is 31.0. The van der Waals surface area contributed by atoms with Crippen LogP contribution in [-0.4, -0.2) is 63.8 Å². The summed E-state index contributed by atoms with van der Waals surface area (Å²) in [4.78, 5) is 31.9. The number of aromatic nitrogens is 2. The van der Waals surface area contributed by atoms with Gasteiger partial charge in [-0.3, -0.25) is 14.2 Å². The molecule has 4 rings (SSSR count). The van der Waals surface area contributed by atoms with Gasteiger partial charge in [-0.05, 0) is 58.2 Å². The Bertz CT molecular complexity index is 1380. The topological polar surface area (TPSA) is 87.3 Å². The minimum absolute atomic E-state index is 0.0105. The smallest absolute Gasteiger partial charge is 0.416 e. The molecule has 3 heterocycles. The van der Waals surface area contributed by atoms with Crippen molar-refractivity contribution in [2.24, 2.45) is 12.0 Å². The van der Waals surface area contributed by atoms with Crippen LogP contribution >= 0.6 is 0 Å². The Kier molecular flexibility index (Phi) is 8.87. The molecule has 2 fully saturated rings. The van der Waals surface area contributed by atoms with E-state index < -0.39 is 29.3 Å².